The van der Waals surface area contributed by atoms with E-state index in [0.717, 1.165) is 13.0 Å². The van der Waals surface area contributed by atoms with E-state index < -0.39 is 5.97 Å². The summed E-state index contributed by atoms with van der Waals surface area (Å²) in [6, 6.07) is 1.74. The molecule has 1 aliphatic carbocycles. The van der Waals surface area contributed by atoms with Crippen molar-refractivity contribution in [2.75, 3.05) is 11.9 Å². The van der Waals surface area contributed by atoms with E-state index in [1.54, 1.807) is 12.3 Å². The topological polar surface area (TPSA) is 71.5 Å². The second-order valence-corrected chi connectivity index (χ2v) is 5.98. The van der Waals surface area contributed by atoms with Gasteiger partial charge in [-0.3, -0.25) is 0 Å². The summed E-state index contributed by atoms with van der Waals surface area (Å²) in [5.41, 5.74) is 0.191. The van der Waals surface area contributed by atoms with Crippen molar-refractivity contribution in [3.63, 3.8) is 0 Å². The van der Waals surface area contributed by atoms with Crippen LogP contribution in [0.1, 0.15) is 29.6 Å². The van der Waals surface area contributed by atoms with Crippen LogP contribution in [-0.2, 0) is 4.74 Å². The molecular formula is C13H15BrN2O3. The number of carbonyl (C=O) groups is 1. The monoisotopic (exact) mass is 326 g/mol. The van der Waals surface area contributed by atoms with Gasteiger partial charge in [0.2, 0.25) is 0 Å². The number of ether oxygens (including phenoxy) is 1. The predicted molar refractivity (Wildman–Crippen MR) is 73.4 cm³/mol. The summed E-state index contributed by atoms with van der Waals surface area (Å²) >= 11 is 3.24. The molecule has 2 N–H and O–H groups in total. The minimum absolute atomic E-state index is 0.166. The van der Waals surface area contributed by atoms with Gasteiger partial charge in [-0.2, -0.15) is 0 Å². The van der Waals surface area contributed by atoms with Crippen LogP contribution < -0.4 is 5.32 Å². The van der Waals surface area contributed by atoms with Gasteiger partial charge in [0.25, 0.3) is 0 Å². The Morgan fingerprint density at radius 3 is 2.95 bits per heavy atom. The lowest BCUT2D eigenvalue weighted by atomic mass is 10.1. The molecule has 2 aliphatic rings. The zero-order valence-corrected chi connectivity index (χ0v) is 11.9. The largest absolute Gasteiger partial charge is 0.478 e. The summed E-state index contributed by atoms with van der Waals surface area (Å²) in [5, 5.41) is 12.5. The molecule has 0 bridgehead atoms. The van der Waals surface area contributed by atoms with Gasteiger partial charge in [0.15, 0.2) is 0 Å². The Labute approximate surface area is 119 Å². The highest BCUT2D eigenvalue weighted by Crippen LogP contribution is 2.39. The van der Waals surface area contributed by atoms with Gasteiger partial charge in [-0.05, 0) is 47.2 Å². The van der Waals surface area contributed by atoms with Crippen molar-refractivity contribution in [3.05, 3.63) is 22.3 Å². The van der Waals surface area contributed by atoms with Crippen LogP contribution in [0.25, 0.3) is 0 Å². The average molecular weight is 327 g/mol. The fourth-order valence-electron chi connectivity index (χ4n) is 2.55. The van der Waals surface area contributed by atoms with E-state index in [1.165, 1.54) is 12.8 Å². The average Bonchev–Trinajstić information content (AvgIpc) is 3.12. The molecule has 1 saturated carbocycles. The Hall–Kier alpha value is -1.14. The SMILES string of the molecule is O=C(O)c1cc(Br)cnc1NC1CCOC1C1CC1. The minimum Gasteiger partial charge on any atom is -0.478 e. The first-order valence-corrected chi connectivity index (χ1v) is 7.21. The van der Waals surface area contributed by atoms with Gasteiger partial charge < -0.3 is 15.2 Å². The molecule has 1 saturated heterocycles. The molecule has 0 amide bonds. The molecule has 2 fully saturated rings. The highest BCUT2D eigenvalue weighted by Gasteiger charge is 2.41. The number of rotatable bonds is 4. The summed E-state index contributed by atoms with van der Waals surface area (Å²) in [5.74, 6) is 0.0822. The van der Waals surface area contributed by atoms with Gasteiger partial charge in [-0.25, -0.2) is 9.78 Å². The maximum atomic E-state index is 11.2. The Morgan fingerprint density at radius 1 is 1.47 bits per heavy atom. The molecule has 1 aromatic rings. The van der Waals surface area contributed by atoms with E-state index in [0.29, 0.717) is 16.2 Å². The fourth-order valence-corrected chi connectivity index (χ4v) is 2.88. The Kier molecular flexibility index (Phi) is 3.45. The lowest BCUT2D eigenvalue weighted by Gasteiger charge is -2.20. The third-order valence-corrected chi connectivity index (χ3v) is 4.06. The summed E-state index contributed by atoms with van der Waals surface area (Å²) in [4.78, 5) is 15.4. The molecule has 102 valence electrons. The number of nitrogens with zero attached hydrogens (tertiary/aromatic N) is 1. The van der Waals surface area contributed by atoms with Gasteiger partial charge >= 0.3 is 5.97 Å². The van der Waals surface area contributed by atoms with Gasteiger partial charge in [-0.15, -0.1) is 0 Å². The molecule has 2 heterocycles. The van der Waals surface area contributed by atoms with E-state index in [-0.39, 0.29) is 17.7 Å². The molecule has 2 atom stereocenters. The molecule has 1 aromatic heterocycles. The molecule has 0 spiro atoms. The zero-order chi connectivity index (χ0) is 13.4. The molecule has 6 heteroatoms. The van der Waals surface area contributed by atoms with Crippen LogP contribution in [0.5, 0.6) is 0 Å². The van der Waals surface area contributed by atoms with Crippen LogP contribution in [0.4, 0.5) is 5.82 Å². The molecule has 5 nitrogen and oxygen atoms in total. The third kappa shape index (κ3) is 2.74. The molecule has 0 aromatic carbocycles. The minimum atomic E-state index is -0.974. The number of hydrogen-bond donors (Lipinski definition) is 2. The van der Waals surface area contributed by atoms with Crippen molar-refractivity contribution in [2.45, 2.75) is 31.4 Å². The number of anilines is 1. The van der Waals surface area contributed by atoms with E-state index in [9.17, 15) is 9.90 Å². The van der Waals surface area contributed by atoms with Gasteiger partial charge in [0.05, 0.1) is 12.1 Å². The maximum absolute atomic E-state index is 11.2. The fraction of sp³-hybridized carbons (Fsp3) is 0.538. The number of pyridine rings is 1. The number of aromatic carboxylic acids is 1. The molecule has 2 unspecified atom stereocenters. The van der Waals surface area contributed by atoms with E-state index in [4.69, 9.17) is 4.74 Å². The summed E-state index contributed by atoms with van der Waals surface area (Å²) in [6.07, 6.45) is 5.13. The summed E-state index contributed by atoms with van der Waals surface area (Å²) in [6.45, 7) is 0.734. The Morgan fingerprint density at radius 2 is 2.26 bits per heavy atom. The number of carboxylic acids is 1. The van der Waals surface area contributed by atoms with Crippen molar-refractivity contribution in [2.24, 2.45) is 5.92 Å². The van der Waals surface area contributed by atoms with Crippen LogP contribution in [0, 0.1) is 5.92 Å². The summed E-state index contributed by atoms with van der Waals surface area (Å²) in [7, 11) is 0. The van der Waals surface area contributed by atoms with Crippen molar-refractivity contribution in [3.8, 4) is 0 Å². The predicted octanol–water partition coefficient (Wildman–Crippen LogP) is 2.52. The molecule has 3 rings (SSSR count). The number of nitrogens with one attached hydrogen (secondary N) is 1. The van der Waals surface area contributed by atoms with Crippen molar-refractivity contribution >= 4 is 27.7 Å². The third-order valence-electron chi connectivity index (χ3n) is 3.63. The highest BCUT2D eigenvalue weighted by atomic mass is 79.9. The van der Waals surface area contributed by atoms with Gasteiger partial charge in [-0.1, -0.05) is 0 Å². The number of hydrogen-bond acceptors (Lipinski definition) is 4. The smallest absolute Gasteiger partial charge is 0.339 e. The number of halogens is 1. The van der Waals surface area contributed by atoms with E-state index >= 15 is 0 Å². The number of aromatic nitrogens is 1. The van der Waals surface area contributed by atoms with Crippen LogP contribution in [0.2, 0.25) is 0 Å². The van der Waals surface area contributed by atoms with E-state index in [2.05, 4.69) is 26.2 Å². The quantitative estimate of drug-likeness (QED) is 0.889. The normalized spacial score (nSPS) is 26.4. The van der Waals surface area contributed by atoms with E-state index in [1.807, 2.05) is 0 Å². The standard InChI is InChI=1S/C13H15BrN2O3/c14-8-5-9(13(17)18)12(15-6-8)16-10-3-4-19-11(10)7-1-2-7/h5-7,10-11H,1-4H2,(H,15,16)(H,17,18). The first-order valence-electron chi connectivity index (χ1n) is 6.42. The van der Waals surface area contributed by atoms with Gasteiger partial charge in [0.1, 0.15) is 11.4 Å². The Bertz CT molecular complexity index is 505. The van der Waals surface area contributed by atoms with Crippen LogP contribution in [0.15, 0.2) is 16.7 Å². The number of carboxylic acid groups (broad SMARTS) is 1. The first-order chi connectivity index (χ1) is 9.15. The molecule has 1 aliphatic heterocycles. The maximum Gasteiger partial charge on any atom is 0.339 e. The second kappa shape index (κ2) is 5.09. The van der Waals surface area contributed by atoms with Crippen molar-refractivity contribution in [1.82, 2.24) is 4.98 Å². The molecular weight excluding hydrogens is 312 g/mol. The van der Waals surface area contributed by atoms with Crippen LogP contribution in [0.3, 0.4) is 0 Å². The van der Waals surface area contributed by atoms with Crippen molar-refractivity contribution in [1.29, 1.82) is 0 Å². The zero-order valence-electron chi connectivity index (χ0n) is 10.3. The summed E-state index contributed by atoms with van der Waals surface area (Å²) < 4.78 is 6.40. The molecule has 0 radical (unpaired) electrons. The highest BCUT2D eigenvalue weighted by molar-refractivity contribution is 9.10. The molecule has 19 heavy (non-hydrogen) atoms. The van der Waals surface area contributed by atoms with Gasteiger partial charge in [0, 0.05) is 17.3 Å². The van der Waals surface area contributed by atoms with Crippen molar-refractivity contribution < 1.29 is 14.6 Å². The van der Waals surface area contributed by atoms with Crippen LogP contribution in [-0.4, -0.2) is 34.8 Å². The second-order valence-electron chi connectivity index (χ2n) is 5.07. The lowest BCUT2D eigenvalue weighted by Crippen LogP contribution is -2.32. The van der Waals surface area contributed by atoms with Crippen LogP contribution >= 0.6 is 15.9 Å². The first kappa shape index (κ1) is 12.9. The lowest BCUT2D eigenvalue weighted by molar-refractivity contribution is 0.0696. The Balaban J connectivity index is 1.80.